The second-order valence-corrected chi connectivity index (χ2v) is 4.26. The van der Waals surface area contributed by atoms with Crippen LogP contribution < -0.4 is 10.1 Å². The minimum absolute atomic E-state index is 0.0821. The molecule has 1 atom stereocenters. The van der Waals surface area contributed by atoms with E-state index in [9.17, 15) is 10.1 Å². The Hall–Kier alpha value is -2.47. The van der Waals surface area contributed by atoms with E-state index in [1.165, 1.54) is 6.07 Å². The minimum atomic E-state index is -0.477. The summed E-state index contributed by atoms with van der Waals surface area (Å²) in [5, 5.41) is 14.0. The molecule has 1 aromatic carbocycles. The third kappa shape index (κ3) is 3.10. The normalized spacial score (nSPS) is 11.9. The van der Waals surface area contributed by atoms with Gasteiger partial charge in [-0.1, -0.05) is 12.1 Å². The maximum absolute atomic E-state index is 10.9. The van der Waals surface area contributed by atoms with Crippen molar-refractivity contribution in [2.24, 2.45) is 0 Å². The lowest BCUT2D eigenvalue weighted by Gasteiger charge is -2.11. The van der Waals surface area contributed by atoms with Gasteiger partial charge in [0.1, 0.15) is 0 Å². The van der Waals surface area contributed by atoms with E-state index in [4.69, 9.17) is 4.74 Å². The second kappa shape index (κ2) is 6.12. The summed E-state index contributed by atoms with van der Waals surface area (Å²) in [5.74, 6) is 0.512. The summed E-state index contributed by atoms with van der Waals surface area (Å²) >= 11 is 0. The van der Waals surface area contributed by atoms with E-state index in [2.05, 4.69) is 10.3 Å². The number of rotatable bonds is 5. The SMILES string of the molecule is CNC(C)c1ccnc(Oc2ccccc2[N+](=O)[O-])c1. The van der Waals surface area contributed by atoms with Crippen molar-refractivity contribution in [3.8, 4) is 11.6 Å². The monoisotopic (exact) mass is 273 g/mol. The molecule has 0 aliphatic heterocycles. The molecule has 20 heavy (non-hydrogen) atoms. The highest BCUT2D eigenvalue weighted by molar-refractivity contribution is 5.47. The van der Waals surface area contributed by atoms with E-state index in [0.717, 1.165) is 5.56 Å². The van der Waals surface area contributed by atoms with Crippen LogP contribution in [0, 0.1) is 10.1 Å². The van der Waals surface area contributed by atoms with Crippen molar-refractivity contribution in [2.75, 3.05) is 7.05 Å². The van der Waals surface area contributed by atoms with Crippen LogP contribution in [0.3, 0.4) is 0 Å². The highest BCUT2D eigenvalue weighted by Gasteiger charge is 2.15. The molecule has 2 aromatic rings. The molecule has 0 radical (unpaired) electrons. The Kier molecular flexibility index (Phi) is 4.27. The van der Waals surface area contributed by atoms with Crippen molar-refractivity contribution in [3.63, 3.8) is 0 Å². The summed E-state index contributed by atoms with van der Waals surface area (Å²) in [6, 6.07) is 10.0. The summed E-state index contributed by atoms with van der Waals surface area (Å²) in [4.78, 5) is 14.5. The average molecular weight is 273 g/mol. The number of hydrogen-bond acceptors (Lipinski definition) is 5. The Morgan fingerprint density at radius 1 is 1.35 bits per heavy atom. The predicted octanol–water partition coefficient (Wildman–Crippen LogP) is 3.06. The van der Waals surface area contributed by atoms with Crippen LogP contribution in [0.5, 0.6) is 11.6 Å². The standard InChI is InChI=1S/C14H15N3O3/c1-10(15-2)11-7-8-16-14(9-11)20-13-6-4-3-5-12(13)17(18)19/h3-10,15H,1-2H3. The van der Waals surface area contributed by atoms with Crippen LogP contribution >= 0.6 is 0 Å². The molecule has 0 spiro atoms. The van der Waals surface area contributed by atoms with Gasteiger partial charge in [-0.25, -0.2) is 4.98 Å². The van der Waals surface area contributed by atoms with E-state index in [0.29, 0.717) is 5.88 Å². The zero-order valence-electron chi connectivity index (χ0n) is 11.2. The number of benzene rings is 1. The number of para-hydroxylation sites is 2. The fourth-order valence-corrected chi connectivity index (χ4v) is 1.72. The third-order valence-electron chi connectivity index (χ3n) is 2.97. The van der Waals surface area contributed by atoms with Crippen molar-refractivity contribution in [3.05, 3.63) is 58.3 Å². The number of pyridine rings is 1. The zero-order chi connectivity index (χ0) is 14.5. The van der Waals surface area contributed by atoms with E-state index < -0.39 is 4.92 Å². The highest BCUT2D eigenvalue weighted by Crippen LogP contribution is 2.30. The van der Waals surface area contributed by atoms with Crippen LogP contribution in [0.15, 0.2) is 42.6 Å². The van der Waals surface area contributed by atoms with Gasteiger partial charge < -0.3 is 10.1 Å². The summed E-state index contributed by atoms with van der Waals surface area (Å²) < 4.78 is 5.53. The number of aromatic nitrogens is 1. The van der Waals surface area contributed by atoms with E-state index in [-0.39, 0.29) is 17.5 Å². The molecule has 0 amide bonds. The Balaban J connectivity index is 2.29. The molecule has 0 fully saturated rings. The molecule has 1 unspecified atom stereocenters. The van der Waals surface area contributed by atoms with Crippen molar-refractivity contribution < 1.29 is 9.66 Å². The van der Waals surface area contributed by atoms with Crippen LogP contribution in [0.1, 0.15) is 18.5 Å². The van der Waals surface area contributed by atoms with Gasteiger partial charge in [-0.3, -0.25) is 10.1 Å². The van der Waals surface area contributed by atoms with Crippen molar-refractivity contribution >= 4 is 5.69 Å². The van der Waals surface area contributed by atoms with Gasteiger partial charge in [0, 0.05) is 24.4 Å². The number of nitro benzene ring substituents is 1. The smallest absolute Gasteiger partial charge is 0.311 e. The molecular formula is C14H15N3O3. The van der Waals surface area contributed by atoms with Crippen molar-refractivity contribution in [1.82, 2.24) is 10.3 Å². The van der Waals surface area contributed by atoms with E-state index in [1.807, 2.05) is 20.0 Å². The van der Waals surface area contributed by atoms with Crippen LogP contribution in [-0.2, 0) is 0 Å². The molecule has 0 saturated heterocycles. The largest absolute Gasteiger partial charge is 0.432 e. The molecule has 6 nitrogen and oxygen atoms in total. The first-order valence-electron chi connectivity index (χ1n) is 6.16. The van der Waals surface area contributed by atoms with Crippen molar-refractivity contribution in [1.29, 1.82) is 0 Å². The van der Waals surface area contributed by atoms with Crippen LogP contribution in [-0.4, -0.2) is 17.0 Å². The number of hydrogen-bond donors (Lipinski definition) is 1. The number of nitrogens with zero attached hydrogens (tertiary/aromatic N) is 2. The van der Waals surface area contributed by atoms with Crippen molar-refractivity contribution in [2.45, 2.75) is 13.0 Å². The predicted molar refractivity (Wildman–Crippen MR) is 74.9 cm³/mol. The van der Waals surface area contributed by atoms with Gasteiger partial charge in [0.25, 0.3) is 0 Å². The molecule has 1 heterocycles. The van der Waals surface area contributed by atoms with Gasteiger partial charge in [-0.05, 0) is 31.7 Å². The van der Waals surface area contributed by atoms with E-state index in [1.54, 1.807) is 30.5 Å². The summed E-state index contributed by atoms with van der Waals surface area (Å²) in [6.45, 7) is 2.00. The lowest BCUT2D eigenvalue weighted by Crippen LogP contribution is -2.12. The summed E-state index contributed by atoms with van der Waals surface area (Å²) in [6.07, 6.45) is 1.62. The van der Waals surface area contributed by atoms with Gasteiger partial charge in [0.15, 0.2) is 0 Å². The zero-order valence-corrected chi connectivity index (χ0v) is 11.2. The Morgan fingerprint density at radius 3 is 2.80 bits per heavy atom. The summed E-state index contributed by atoms with van der Waals surface area (Å²) in [5.41, 5.74) is 0.914. The molecule has 0 aliphatic carbocycles. The topological polar surface area (TPSA) is 77.3 Å². The first-order valence-corrected chi connectivity index (χ1v) is 6.16. The lowest BCUT2D eigenvalue weighted by atomic mass is 10.1. The molecule has 0 bridgehead atoms. The van der Waals surface area contributed by atoms with Gasteiger partial charge >= 0.3 is 5.69 Å². The number of nitro groups is 1. The summed E-state index contributed by atoms with van der Waals surface area (Å²) in [7, 11) is 1.85. The quantitative estimate of drug-likeness (QED) is 0.669. The fourth-order valence-electron chi connectivity index (χ4n) is 1.72. The first kappa shape index (κ1) is 14.0. The number of ether oxygens (including phenoxy) is 1. The second-order valence-electron chi connectivity index (χ2n) is 4.26. The Labute approximate surface area is 116 Å². The van der Waals surface area contributed by atoms with E-state index >= 15 is 0 Å². The molecular weight excluding hydrogens is 258 g/mol. The van der Waals surface area contributed by atoms with Crippen LogP contribution in [0.25, 0.3) is 0 Å². The third-order valence-corrected chi connectivity index (χ3v) is 2.97. The van der Waals surface area contributed by atoms with Crippen LogP contribution in [0.4, 0.5) is 5.69 Å². The molecule has 2 rings (SSSR count). The Bertz CT molecular complexity index is 616. The highest BCUT2D eigenvalue weighted by atomic mass is 16.6. The van der Waals surface area contributed by atoms with Gasteiger partial charge in [-0.2, -0.15) is 0 Å². The van der Waals surface area contributed by atoms with Crippen LogP contribution in [0.2, 0.25) is 0 Å². The minimum Gasteiger partial charge on any atom is -0.432 e. The average Bonchev–Trinajstić information content (AvgIpc) is 2.47. The molecule has 1 aromatic heterocycles. The molecule has 104 valence electrons. The van der Waals surface area contributed by atoms with Gasteiger partial charge in [-0.15, -0.1) is 0 Å². The molecule has 0 aliphatic rings. The maximum atomic E-state index is 10.9. The van der Waals surface area contributed by atoms with Gasteiger partial charge in [0.2, 0.25) is 11.6 Å². The Morgan fingerprint density at radius 2 is 2.10 bits per heavy atom. The first-order chi connectivity index (χ1) is 9.61. The fraction of sp³-hybridized carbons (Fsp3) is 0.214. The lowest BCUT2D eigenvalue weighted by molar-refractivity contribution is -0.385. The number of nitrogens with one attached hydrogen (secondary N) is 1. The molecule has 6 heteroatoms. The molecule has 1 N–H and O–H groups in total. The maximum Gasteiger partial charge on any atom is 0.311 e. The molecule has 0 saturated carbocycles. The van der Waals surface area contributed by atoms with Gasteiger partial charge in [0.05, 0.1) is 4.92 Å².